The van der Waals surface area contributed by atoms with Crippen molar-refractivity contribution in [3.63, 3.8) is 0 Å². The predicted octanol–water partition coefficient (Wildman–Crippen LogP) is 5.73. The molecule has 4 rings (SSSR count). The second kappa shape index (κ2) is 10.0. The van der Waals surface area contributed by atoms with Gasteiger partial charge in [0.15, 0.2) is 5.13 Å². The fraction of sp³-hybridized carbons (Fsp3) is 0.227. The molecule has 3 heterocycles. The van der Waals surface area contributed by atoms with Crippen LogP contribution in [-0.2, 0) is 11.3 Å². The van der Waals surface area contributed by atoms with Gasteiger partial charge in [0.2, 0.25) is 0 Å². The highest BCUT2D eigenvalue weighted by molar-refractivity contribution is 7.22. The van der Waals surface area contributed by atoms with Crippen molar-refractivity contribution in [3.8, 4) is 0 Å². The third-order valence-electron chi connectivity index (χ3n) is 4.60. The molecule has 0 aliphatic heterocycles. The van der Waals surface area contributed by atoms with E-state index in [9.17, 15) is 4.79 Å². The number of aryl methyl sites for hydroxylation is 3. The van der Waals surface area contributed by atoms with Crippen LogP contribution in [0.15, 0.2) is 54.4 Å². The molecule has 0 fully saturated rings. The number of carbonyl (C=O) groups is 1. The number of benzene rings is 1. The van der Waals surface area contributed by atoms with E-state index in [1.54, 1.807) is 46.2 Å². The van der Waals surface area contributed by atoms with Gasteiger partial charge in [-0.3, -0.25) is 9.69 Å². The first-order valence-corrected chi connectivity index (χ1v) is 11.2. The zero-order valence-corrected chi connectivity index (χ0v) is 19.3. The maximum atomic E-state index is 13.1. The Hall–Kier alpha value is -2.48. The molecule has 0 N–H and O–H groups in total. The molecule has 3 aromatic heterocycles. The summed E-state index contributed by atoms with van der Waals surface area (Å²) in [5.41, 5.74) is 3.34. The van der Waals surface area contributed by atoms with Crippen molar-refractivity contribution in [1.82, 2.24) is 14.5 Å². The number of thiazole rings is 1. The SMILES string of the molecule is Cc1cc(C)c2sc(N(CCCn3ccnc3)C(=O)/C=C/c3cccs3)nc2c1.Cl. The number of halogens is 1. The van der Waals surface area contributed by atoms with Gasteiger partial charge in [0.1, 0.15) is 0 Å². The quantitative estimate of drug-likeness (QED) is 0.332. The summed E-state index contributed by atoms with van der Waals surface area (Å²) in [6.07, 6.45) is 9.85. The van der Waals surface area contributed by atoms with Crippen LogP contribution in [0.25, 0.3) is 16.3 Å². The third kappa shape index (κ3) is 5.16. The van der Waals surface area contributed by atoms with E-state index in [0.29, 0.717) is 6.54 Å². The Labute approximate surface area is 190 Å². The van der Waals surface area contributed by atoms with Crippen LogP contribution < -0.4 is 4.90 Å². The number of anilines is 1. The van der Waals surface area contributed by atoms with Crippen molar-refractivity contribution in [2.24, 2.45) is 0 Å². The summed E-state index contributed by atoms with van der Waals surface area (Å²) in [4.78, 5) is 24.8. The molecule has 0 saturated carbocycles. The van der Waals surface area contributed by atoms with E-state index < -0.39 is 0 Å². The van der Waals surface area contributed by atoms with Crippen molar-refractivity contribution >= 4 is 62.4 Å². The molecule has 30 heavy (non-hydrogen) atoms. The molecule has 5 nitrogen and oxygen atoms in total. The molecule has 0 aliphatic rings. The number of aromatic nitrogens is 3. The van der Waals surface area contributed by atoms with Gasteiger partial charge in [0.25, 0.3) is 5.91 Å². The number of amides is 1. The molecule has 4 aromatic rings. The van der Waals surface area contributed by atoms with E-state index in [-0.39, 0.29) is 18.3 Å². The summed E-state index contributed by atoms with van der Waals surface area (Å²) >= 11 is 3.20. The van der Waals surface area contributed by atoms with E-state index in [1.807, 2.05) is 34.4 Å². The van der Waals surface area contributed by atoms with Crippen molar-refractivity contribution in [3.05, 3.63) is 70.4 Å². The van der Waals surface area contributed by atoms with Crippen LogP contribution in [0.3, 0.4) is 0 Å². The van der Waals surface area contributed by atoms with Gasteiger partial charge in [-0.25, -0.2) is 9.97 Å². The number of hydrogen-bond donors (Lipinski definition) is 0. The molecule has 0 radical (unpaired) electrons. The van der Waals surface area contributed by atoms with E-state index >= 15 is 0 Å². The zero-order chi connectivity index (χ0) is 20.2. The summed E-state index contributed by atoms with van der Waals surface area (Å²) in [5.74, 6) is -0.0440. The van der Waals surface area contributed by atoms with Crippen LogP contribution in [0.4, 0.5) is 5.13 Å². The smallest absolute Gasteiger partial charge is 0.252 e. The van der Waals surface area contributed by atoms with Gasteiger partial charge in [-0.15, -0.1) is 23.7 Å². The van der Waals surface area contributed by atoms with E-state index in [2.05, 4.69) is 31.0 Å². The highest BCUT2D eigenvalue weighted by Crippen LogP contribution is 2.32. The standard InChI is InChI=1S/C22H22N4OS2.ClH/c1-16-13-17(2)21-19(14-16)24-22(29-21)26(10-4-9-25-11-8-23-15-25)20(27)7-6-18-5-3-12-28-18;/h3,5-8,11-15H,4,9-10H2,1-2H3;1H/b7-6+;. The summed E-state index contributed by atoms with van der Waals surface area (Å²) in [5, 5.41) is 2.76. The van der Waals surface area contributed by atoms with Crippen molar-refractivity contribution in [2.75, 3.05) is 11.4 Å². The molecule has 1 aromatic carbocycles. The minimum atomic E-state index is -0.0440. The summed E-state index contributed by atoms with van der Waals surface area (Å²) in [6, 6.07) is 8.22. The molecule has 156 valence electrons. The normalized spacial score (nSPS) is 11.1. The lowest BCUT2D eigenvalue weighted by Gasteiger charge is -2.18. The highest BCUT2D eigenvalue weighted by Gasteiger charge is 2.18. The van der Waals surface area contributed by atoms with Gasteiger partial charge in [-0.05, 0) is 55.0 Å². The monoisotopic (exact) mass is 458 g/mol. The topological polar surface area (TPSA) is 51.0 Å². The number of imidazole rings is 1. The van der Waals surface area contributed by atoms with E-state index in [4.69, 9.17) is 4.98 Å². The van der Waals surface area contributed by atoms with Crippen LogP contribution >= 0.6 is 35.1 Å². The van der Waals surface area contributed by atoms with E-state index in [1.165, 1.54) is 11.1 Å². The Kier molecular flexibility index (Phi) is 7.42. The molecular formula is C22H23ClN4OS2. The Morgan fingerprint density at radius 3 is 2.90 bits per heavy atom. The minimum Gasteiger partial charge on any atom is -0.337 e. The van der Waals surface area contributed by atoms with Gasteiger partial charge in [-0.2, -0.15) is 0 Å². The second-order valence-electron chi connectivity index (χ2n) is 6.92. The average Bonchev–Trinajstić information content (AvgIpc) is 3.44. The maximum absolute atomic E-state index is 13.1. The maximum Gasteiger partial charge on any atom is 0.252 e. The van der Waals surface area contributed by atoms with Crippen LogP contribution in [-0.4, -0.2) is 27.0 Å². The molecule has 0 aliphatic carbocycles. The lowest BCUT2D eigenvalue weighted by molar-refractivity contribution is -0.114. The third-order valence-corrected chi connectivity index (χ3v) is 6.66. The van der Waals surface area contributed by atoms with Gasteiger partial charge in [0, 0.05) is 36.4 Å². The predicted molar refractivity (Wildman–Crippen MR) is 129 cm³/mol. The Bertz CT molecular complexity index is 1130. The largest absolute Gasteiger partial charge is 0.337 e. The molecule has 1 amide bonds. The molecule has 0 saturated heterocycles. The number of fused-ring (bicyclic) bond motifs is 1. The van der Waals surface area contributed by atoms with Gasteiger partial charge < -0.3 is 4.57 Å². The first kappa shape index (κ1) is 22.2. The van der Waals surface area contributed by atoms with E-state index in [0.717, 1.165) is 33.2 Å². The minimum absolute atomic E-state index is 0. The highest BCUT2D eigenvalue weighted by atomic mass is 35.5. The number of thiophene rings is 1. The van der Waals surface area contributed by atoms with Crippen LogP contribution in [0.5, 0.6) is 0 Å². The Morgan fingerprint density at radius 2 is 2.17 bits per heavy atom. The average molecular weight is 459 g/mol. The number of rotatable bonds is 7. The van der Waals surface area contributed by atoms with Crippen molar-refractivity contribution < 1.29 is 4.79 Å². The van der Waals surface area contributed by atoms with Crippen LogP contribution in [0.2, 0.25) is 0 Å². The molecular weight excluding hydrogens is 436 g/mol. The summed E-state index contributed by atoms with van der Waals surface area (Å²) in [7, 11) is 0. The molecule has 0 unspecified atom stereocenters. The number of nitrogens with zero attached hydrogens (tertiary/aromatic N) is 4. The summed E-state index contributed by atoms with van der Waals surface area (Å²) in [6.45, 7) is 5.58. The lowest BCUT2D eigenvalue weighted by atomic mass is 10.1. The van der Waals surface area contributed by atoms with Crippen LogP contribution in [0, 0.1) is 13.8 Å². The Morgan fingerprint density at radius 1 is 1.30 bits per heavy atom. The van der Waals surface area contributed by atoms with Crippen molar-refractivity contribution in [1.29, 1.82) is 0 Å². The lowest BCUT2D eigenvalue weighted by Crippen LogP contribution is -2.30. The number of hydrogen-bond acceptors (Lipinski definition) is 5. The molecule has 0 bridgehead atoms. The van der Waals surface area contributed by atoms with Gasteiger partial charge in [-0.1, -0.05) is 23.5 Å². The van der Waals surface area contributed by atoms with Gasteiger partial charge in [0.05, 0.1) is 16.5 Å². The van der Waals surface area contributed by atoms with Crippen molar-refractivity contribution in [2.45, 2.75) is 26.8 Å². The number of carbonyl (C=O) groups excluding carboxylic acids is 1. The second-order valence-corrected chi connectivity index (χ2v) is 8.88. The molecule has 0 spiro atoms. The Balaban J connectivity index is 0.00000256. The fourth-order valence-electron chi connectivity index (χ4n) is 3.24. The zero-order valence-electron chi connectivity index (χ0n) is 16.8. The van der Waals surface area contributed by atoms with Gasteiger partial charge >= 0.3 is 0 Å². The summed E-state index contributed by atoms with van der Waals surface area (Å²) < 4.78 is 3.16. The molecule has 0 atom stereocenters. The molecule has 8 heteroatoms. The first-order valence-electron chi connectivity index (χ1n) is 9.47. The fourth-order valence-corrected chi connectivity index (χ4v) is 4.91. The van der Waals surface area contributed by atoms with Crippen LogP contribution in [0.1, 0.15) is 22.4 Å². The first-order chi connectivity index (χ1) is 14.1.